The van der Waals surface area contributed by atoms with Crippen molar-refractivity contribution >= 4 is 0 Å². The van der Waals surface area contributed by atoms with E-state index >= 15 is 0 Å². The van der Waals surface area contributed by atoms with Crippen LogP contribution in [-0.2, 0) is 11.3 Å². The van der Waals surface area contributed by atoms with Gasteiger partial charge in [-0.15, -0.1) is 0 Å². The van der Waals surface area contributed by atoms with Crippen molar-refractivity contribution in [3.05, 3.63) is 65.9 Å². The maximum Gasteiger partial charge on any atom is 0.227 e. The normalized spacial score (nSPS) is 14.5. The number of aryl methyl sites for hydroxylation is 1. The topological polar surface area (TPSA) is 69.0 Å². The number of hydrogen-bond acceptors (Lipinski definition) is 6. The van der Waals surface area contributed by atoms with Crippen LogP contribution in [-0.4, -0.2) is 58.8 Å². The molecule has 1 aliphatic rings. The van der Waals surface area contributed by atoms with E-state index in [2.05, 4.69) is 4.90 Å². The molecule has 0 spiro atoms. The predicted molar refractivity (Wildman–Crippen MR) is 136 cm³/mol. The first-order valence-electron chi connectivity index (χ1n) is 12.4. The largest absolute Gasteiger partial charge is 0.493 e. The molecule has 188 valence electrons. The van der Waals surface area contributed by atoms with E-state index in [1.165, 1.54) is 12.8 Å². The molecule has 1 unspecified atom stereocenters. The standard InChI is InChI=1S/C28H37N3O4/c1-20(2)34-19-24(32)17-30(16-22-14-15-22)18-25-21(3)29-31(23-10-6-5-7-11-23)28(25)35-27-13-9-8-12-26(27)33-4/h5-13,20,22,24,32H,14-19H2,1-4H3. The van der Waals surface area contributed by atoms with Crippen LogP contribution in [0.5, 0.6) is 17.4 Å². The van der Waals surface area contributed by atoms with Crippen LogP contribution in [0.2, 0.25) is 0 Å². The molecule has 0 aliphatic heterocycles. The smallest absolute Gasteiger partial charge is 0.227 e. The van der Waals surface area contributed by atoms with Crippen LogP contribution < -0.4 is 9.47 Å². The van der Waals surface area contributed by atoms with Crippen molar-refractivity contribution in [3.63, 3.8) is 0 Å². The highest BCUT2D eigenvalue weighted by atomic mass is 16.5. The number of aliphatic hydroxyl groups excluding tert-OH is 1. The highest BCUT2D eigenvalue weighted by Crippen LogP contribution is 2.37. The number of rotatable bonds is 13. The Hall–Kier alpha value is -2.87. The van der Waals surface area contributed by atoms with Gasteiger partial charge < -0.3 is 19.3 Å². The number of aromatic nitrogens is 2. The second kappa shape index (κ2) is 11.7. The van der Waals surface area contributed by atoms with Gasteiger partial charge in [0.1, 0.15) is 0 Å². The highest BCUT2D eigenvalue weighted by molar-refractivity contribution is 5.47. The van der Waals surface area contributed by atoms with Crippen LogP contribution in [0.4, 0.5) is 0 Å². The van der Waals surface area contributed by atoms with Crippen LogP contribution in [0.3, 0.4) is 0 Å². The van der Waals surface area contributed by atoms with Crippen LogP contribution in [0.25, 0.3) is 5.69 Å². The minimum absolute atomic E-state index is 0.0914. The summed E-state index contributed by atoms with van der Waals surface area (Å²) >= 11 is 0. The molecule has 1 heterocycles. The third-order valence-electron chi connectivity index (χ3n) is 6.10. The van der Waals surface area contributed by atoms with E-state index < -0.39 is 6.10 Å². The second-order valence-electron chi connectivity index (χ2n) is 9.54. The maximum atomic E-state index is 10.7. The van der Waals surface area contributed by atoms with Crippen molar-refractivity contribution in [2.45, 2.75) is 52.4 Å². The van der Waals surface area contributed by atoms with E-state index in [4.69, 9.17) is 19.3 Å². The van der Waals surface area contributed by atoms with E-state index in [0.29, 0.717) is 43.0 Å². The number of ether oxygens (including phenoxy) is 3. The summed E-state index contributed by atoms with van der Waals surface area (Å²) < 4.78 is 19.6. The van der Waals surface area contributed by atoms with Crippen molar-refractivity contribution in [2.24, 2.45) is 5.92 Å². The highest BCUT2D eigenvalue weighted by Gasteiger charge is 2.28. The van der Waals surface area contributed by atoms with Crippen LogP contribution in [0, 0.1) is 12.8 Å². The van der Waals surface area contributed by atoms with Crippen molar-refractivity contribution in [1.82, 2.24) is 14.7 Å². The van der Waals surface area contributed by atoms with E-state index in [-0.39, 0.29) is 6.10 Å². The molecule has 7 heteroatoms. The summed E-state index contributed by atoms with van der Waals surface area (Å²) in [5.41, 5.74) is 2.82. The van der Waals surface area contributed by atoms with Gasteiger partial charge in [0, 0.05) is 19.6 Å². The first-order valence-corrected chi connectivity index (χ1v) is 12.4. The first kappa shape index (κ1) is 25.2. The van der Waals surface area contributed by atoms with Gasteiger partial charge in [0.2, 0.25) is 5.88 Å². The lowest BCUT2D eigenvalue weighted by molar-refractivity contribution is -0.0101. The average Bonchev–Trinajstić information content (AvgIpc) is 3.62. The SMILES string of the molecule is COc1ccccc1Oc1c(CN(CC(O)COC(C)C)CC2CC2)c(C)nn1-c1ccccc1. The Balaban J connectivity index is 1.66. The minimum Gasteiger partial charge on any atom is -0.493 e. The predicted octanol–water partition coefficient (Wildman–Crippen LogP) is 4.98. The average molecular weight is 480 g/mol. The molecule has 35 heavy (non-hydrogen) atoms. The Kier molecular flexibility index (Phi) is 8.44. The molecule has 0 amide bonds. The second-order valence-corrected chi connectivity index (χ2v) is 9.54. The molecule has 7 nitrogen and oxygen atoms in total. The van der Waals surface area contributed by atoms with Gasteiger partial charge in [-0.25, -0.2) is 4.68 Å². The fourth-order valence-electron chi connectivity index (χ4n) is 4.12. The molecule has 1 aromatic heterocycles. The molecule has 0 bridgehead atoms. The van der Waals surface area contributed by atoms with Crippen LogP contribution >= 0.6 is 0 Å². The summed E-state index contributed by atoms with van der Waals surface area (Å²) in [6, 6.07) is 17.6. The zero-order valence-electron chi connectivity index (χ0n) is 21.2. The summed E-state index contributed by atoms with van der Waals surface area (Å²) in [5.74, 6) is 2.63. The number of aliphatic hydroxyl groups is 1. The van der Waals surface area contributed by atoms with Crippen molar-refractivity contribution in [1.29, 1.82) is 0 Å². The molecule has 2 aromatic carbocycles. The minimum atomic E-state index is -0.556. The molecular formula is C28H37N3O4. The number of methoxy groups -OCH3 is 1. The van der Waals surface area contributed by atoms with Gasteiger partial charge in [0.25, 0.3) is 0 Å². The Morgan fingerprint density at radius 1 is 1.06 bits per heavy atom. The summed E-state index contributed by atoms with van der Waals surface area (Å²) in [5, 5.41) is 15.5. The molecule has 1 N–H and O–H groups in total. The quantitative estimate of drug-likeness (QED) is 0.373. The van der Waals surface area contributed by atoms with Crippen molar-refractivity contribution in [2.75, 3.05) is 26.8 Å². The Bertz CT molecular complexity index is 1080. The molecule has 0 saturated heterocycles. The first-order chi connectivity index (χ1) is 16.9. The van der Waals surface area contributed by atoms with Gasteiger partial charge in [0.05, 0.1) is 42.9 Å². The number of benzene rings is 2. The number of para-hydroxylation sites is 3. The lowest BCUT2D eigenvalue weighted by Crippen LogP contribution is -2.36. The summed E-state index contributed by atoms with van der Waals surface area (Å²) in [4.78, 5) is 2.31. The molecule has 4 rings (SSSR count). The molecule has 1 aliphatic carbocycles. The molecular weight excluding hydrogens is 442 g/mol. The third-order valence-corrected chi connectivity index (χ3v) is 6.10. The van der Waals surface area contributed by atoms with Crippen LogP contribution in [0.15, 0.2) is 54.6 Å². The fourth-order valence-corrected chi connectivity index (χ4v) is 4.12. The van der Waals surface area contributed by atoms with Gasteiger partial charge >= 0.3 is 0 Å². The lowest BCUT2D eigenvalue weighted by Gasteiger charge is -2.26. The molecule has 0 radical (unpaired) electrons. The Morgan fingerprint density at radius 3 is 2.40 bits per heavy atom. The maximum absolute atomic E-state index is 10.7. The van der Waals surface area contributed by atoms with E-state index in [0.717, 1.165) is 23.5 Å². The van der Waals surface area contributed by atoms with Crippen molar-refractivity contribution in [3.8, 4) is 23.1 Å². The van der Waals surface area contributed by atoms with Crippen LogP contribution in [0.1, 0.15) is 37.9 Å². The molecule has 3 aromatic rings. The van der Waals surface area contributed by atoms with E-state index in [1.807, 2.05) is 80.1 Å². The Labute approximate surface area is 208 Å². The zero-order valence-corrected chi connectivity index (χ0v) is 21.2. The van der Waals surface area contributed by atoms with E-state index in [1.54, 1.807) is 7.11 Å². The molecule has 1 atom stereocenters. The summed E-state index contributed by atoms with van der Waals surface area (Å²) in [6.45, 7) is 8.40. The Morgan fingerprint density at radius 2 is 1.74 bits per heavy atom. The van der Waals surface area contributed by atoms with Gasteiger partial charge in [0.15, 0.2) is 11.5 Å². The fraction of sp³-hybridized carbons (Fsp3) is 0.464. The van der Waals surface area contributed by atoms with E-state index in [9.17, 15) is 5.11 Å². The summed E-state index contributed by atoms with van der Waals surface area (Å²) in [6.07, 6.45) is 2.01. The number of nitrogens with zero attached hydrogens (tertiary/aromatic N) is 3. The third kappa shape index (κ3) is 6.84. The van der Waals surface area contributed by atoms with Gasteiger partial charge in [-0.05, 0) is 63.8 Å². The zero-order chi connectivity index (χ0) is 24.8. The van der Waals surface area contributed by atoms with Crippen molar-refractivity contribution < 1.29 is 19.3 Å². The van der Waals surface area contributed by atoms with Gasteiger partial charge in [-0.3, -0.25) is 4.90 Å². The lowest BCUT2D eigenvalue weighted by atomic mass is 10.2. The molecule has 1 saturated carbocycles. The number of hydrogen-bond donors (Lipinski definition) is 1. The monoisotopic (exact) mass is 479 g/mol. The van der Waals surface area contributed by atoms with Gasteiger partial charge in [-0.1, -0.05) is 30.3 Å². The van der Waals surface area contributed by atoms with Gasteiger partial charge in [-0.2, -0.15) is 5.10 Å². The summed E-state index contributed by atoms with van der Waals surface area (Å²) in [7, 11) is 1.64. The molecule has 1 fully saturated rings.